The molecule has 0 fully saturated rings. The van der Waals surface area contributed by atoms with Crippen LogP contribution in [0.3, 0.4) is 0 Å². The molecule has 0 aliphatic heterocycles. The van der Waals surface area contributed by atoms with Crippen molar-refractivity contribution in [1.82, 2.24) is 9.97 Å². The molecule has 0 saturated heterocycles. The van der Waals surface area contributed by atoms with E-state index < -0.39 is 6.29 Å². The lowest BCUT2D eigenvalue weighted by atomic mass is 10.2. The molecular formula is C14H19ClN2O2. The quantitative estimate of drug-likeness (QED) is 0.628. The zero-order valence-electron chi connectivity index (χ0n) is 11.7. The average molecular weight is 283 g/mol. The molecule has 0 spiro atoms. The van der Waals surface area contributed by atoms with Gasteiger partial charge in [0.25, 0.3) is 0 Å². The zero-order valence-corrected chi connectivity index (χ0v) is 12.4. The Kier molecular flexibility index (Phi) is 6.70. The van der Waals surface area contributed by atoms with E-state index in [1.807, 2.05) is 32.9 Å². The van der Waals surface area contributed by atoms with E-state index >= 15 is 0 Å². The highest BCUT2D eigenvalue weighted by molar-refractivity contribution is 6.33. The van der Waals surface area contributed by atoms with E-state index in [-0.39, 0.29) is 0 Å². The molecule has 0 bridgehead atoms. The van der Waals surface area contributed by atoms with Gasteiger partial charge in [-0.2, -0.15) is 0 Å². The summed E-state index contributed by atoms with van der Waals surface area (Å²) in [5.41, 5.74) is 1.55. The van der Waals surface area contributed by atoms with E-state index in [1.165, 1.54) is 0 Å². The summed E-state index contributed by atoms with van der Waals surface area (Å²) < 4.78 is 10.7. The largest absolute Gasteiger partial charge is 0.352 e. The highest BCUT2D eigenvalue weighted by Crippen LogP contribution is 2.24. The summed E-state index contributed by atoms with van der Waals surface area (Å²) in [6, 6.07) is 3.80. The van der Waals surface area contributed by atoms with Crippen molar-refractivity contribution in [2.45, 2.75) is 27.1 Å². The lowest BCUT2D eigenvalue weighted by Gasteiger charge is -2.15. The van der Waals surface area contributed by atoms with Gasteiger partial charge in [0.15, 0.2) is 11.4 Å². The maximum Gasteiger partial charge on any atom is 0.184 e. The Balaban J connectivity index is 0.000000861. The van der Waals surface area contributed by atoms with Crippen LogP contribution < -0.4 is 0 Å². The van der Waals surface area contributed by atoms with Gasteiger partial charge in [-0.25, -0.2) is 4.98 Å². The number of fused-ring (bicyclic) bond motifs is 1. The first-order chi connectivity index (χ1) is 9.26. The highest BCUT2D eigenvalue weighted by Gasteiger charge is 2.12. The fraction of sp³-hybridized carbons (Fsp3) is 0.429. The normalized spacial score (nSPS) is 11.8. The van der Waals surface area contributed by atoms with Gasteiger partial charge in [0, 0.05) is 37.1 Å². The number of hydrogen-bond donors (Lipinski definition) is 0. The van der Waals surface area contributed by atoms with Gasteiger partial charge in [-0.15, -0.1) is 0 Å². The molecule has 5 heteroatoms. The van der Waals surface area contributed by atoms with Crippen LogP contribution in [0.25, 0.3) is 10.9 Å². The van der Waals surface area contributed by atoms with Crippen molar-refractivity contribution in [3.8, 4) is 0 Å². The first-order valence-electron chi connectivity index (χ1n) is 6.30. The number of rotatable bonds is 4. The Hall–Kier alpha value is -1.23. The van der Waals surface area contributed by atoms with E-state index in [4.69, 9.17) is 21.1 Å². The molecule has 0 aromatic carbocycles. The van der Waals surface area contributed by atoms with Crippen molar-refractivity contribution in [2.75, 3.05) is 13.7 Å². The summed E-state index contributed by atoms with van der Waals surface area (Å²) >= 11 is 5.95. The standard InChI is InChI=1S/C12H13ClN2O2.C2H6/c1-3-17-12(16-2)9-6-8-4-5-14-11(13)10(8)15-7-9;1-2/h4-7,12H,3H2,1-2H3;1-2H3. The summed E-state index contributed by atoms with van der Waals surface area (Å²) in [6.45, 7) is 6.49. The number of hydrogen-bond acceptors (Lipinski definition) is 4. The third-order valence-corrected chi connectivity index (χ3v) is 2.66. The summed E-state index contributed by atoms with van der Waals surface area (Å²) in [4.78, 5) is 8.26. The van der Waals surface area contributed by atoms with Gasteiger partial charge in [0.05, 0.1) is 0 Å². The number of aromatic nitrogens is 2. The van der Waals surface area contributed by atoms with E-state index in [0.29, 0.717) is 17.3 Å². The molecule has 104 valence electrons. The Morgan fingerprint density at radius 3 is 2.68 bits per heavy atom. The van der Waals surface area contributed by atoms with Crippen LogP contribution in [0.2, 0.25) is 5.15 Å². The van der Waals surface area contributed by atoms with Gasteiger partial charge in [-0.05, 0) is 19.1 Å². The molecule has 2 heterocycles. The number of nitrogens with zero attached hydrogens (tertiary/aromatic N) is 2. The third kappa shape index (κ3) is 3.86. The van der Waals surface area contributed by atoms with Crippen LogP contribution in [-0.4, -0.2) is 23.7 Å². The first kappa shape index (κ1) is 15.8. The van der Waals surface area contributed by atoms with Gasteiger partial charge in [-0.1, -0.05) is 25.4 Å². The molecule has 0 aliphatic rings. The predicted octanol–water partition coefficient (Wildman–Crippen LogP) is 3.99. The summed E-state index contributed by atoms with van der Waals surface area (Å²) in [6.07, 6.45) is 2.95. The molecule has 0 saturated carbocycles. The lowest BCUT2D eigenvalue weighted by molar-refractivity contribution is -0.124. The maximum atomic E-state index is 5.95. The molecule has 0 radical (unpaired) electrons. The SMILES string of the molecule is CC.CCOC(OC)c1cnc2c(Cl)nccc2c1. The van der Waals surface area contributed by atoms with E-state index in [1.54, 1.807) is 19.5 Å². The van der Waals surface area contributed by atoms with Crippen LogP contribution in [0.15, 0.2) is 24.5 Å². The topological polar surface area (TPSA) is 44.2 Å². The molecule has 2 aromatic rings. The lowest BCUT2D eigenvalue weighted by Crippen LogP contribution is -2.06. The minimum absolute atomic E-state index is 0.399. The zero-order chi connectivity index (χ0) is 14.3. The summed E-state index contributed by atoms with van der Waals surface area (Å²) in [5.74, 6) is 0. The van der Waals surface area contributed by atoms with Crippen LogP contribution in [-0.2, 0) is 9.47 Å². The van der Waals surface area contributed by atoms with E-state index in [2.05, 4.69) is 9.97 Å². The van der Waals surface area contributed by atoms with Crippen LogP contribution in [0.4, 0.5) is 0 Å². The van der Waals surface area contributed by atoms with E-state index in [9.17, 15) is 0 Å². The summed E-state index contributed by atoms with van der Waals surface area (Å²) in [7, 11) is 1.60. The molecule has 0 N–H and O–H groups in total. The third-order valence-electron chi connectivity index (χ3n) is 2.38. The van der Waals surface area contributed by atoms with Gasteiger partial charge >= 0.3 is 0 Å². The van der Waals surface area contributed by atoms with Gasteiger partial charge < -0.3 is 9.47 Å². The van der Waals surface area contributed by atoms with Crippen molar-refractivity contribution in [2.24, 2.45) is 0 Å². The van der Waals surface area contributed by atoms with Crippen LogP contribution >= 0.6 is 11.6 Å². The summed E-state index contributed by atoms with van der Waals surface area (Å²) in [5, 5.41) is 1.32. The number of halogens is 1. The molecule has 2 aromatic heterocycles. The molecule has 1 atom stereocenters. The monoisotopic (exact) mass is 282 g/mol. The van der Waals surface area contributed by atoms with Gasteiger partial charge in [0.2, 0.25) is 0 Å². The highest BCUT2D eigenvalue weighted by atomic mass is 35.5. The Labute approximate surface area is 118 Å². The molecule has 1 unspecified atom stereocenters. The number of methoxy groups -OCH3 is 1. The smallest absolute Gasteiger partial charge is 0.184 e. The van der Waals surface area contributed by atoms with Crippen LogP contribution in [0.5, 0.6) is 0 Å². The van der Waals surface area contributed by atoms with Crippen LogP contribution in [0, 0.1) is 0 Å². The second kappa shape index (κ2) is 8.04. The number of pyridine rings is 2. The fourth-order valence-corrected chi connectivity index (χ4v) is 1.84. The van der Waals surface area contributed by atoms with Crippen molar-refractivity contribution >= 4 is 22.5 Å². The molecular weight excluding hydrogens is 264 g/mol. The first-order valence-corrected chi connectivity index (χ1v) is 6.68. The van der Waals surface area contributed by atoms with Gasteiger partial charge in [-0.3, -0.25) is 4.98 Å². The van der Waals surface area contributed by atoms with Crippen molar-refractivity contribution in [1.29, 1.82) is 0 Å². The fourth-order valence-electron chi connectivity index (χ4n) is 1.62. The molecule has 19 heavy (non-hydrogen) atoms. The van der Waals surface area contributed by atoms with E-state index in [0.717, 1.165) is 10.9 Å². The minimum atomic E-state index is -0.399. The Morgan fingerprint density at radius 1 is 1.32 bits per heavy atom. The second-order valence-electron chi connectivity index (χ2n) is 3.47. The molecule has 0 amide bonds. The maximum absolute atomic E-state index is 5.95. The Bertz CT molecular complexity index is 520. The van der Waals surface area contributed by atoms with Crippen molar-refractivity contribution < 1.29 is 9.47 Å². The Morgan fingerprint density at radius 2 is 2.05 bits per heavy atom. The minimum Gasteiger partial charge on any atom is -0.352 e. The molecule has 2 rings (SSSR count). The second-order valence-corrected chi connectivity index (χ2v) is 3.82. The van der Waals surface area contributed by atoms with Crippen molar-refractivity contribution in [3.63, 3.8) is 0 Å². The number of ether oxygens (including phenoxy) is 2. The average Bonchev–Trinajstić information content (AvgIpc) is 2.47. The molecule has 4 nitrogen and oxygen atoms in total. The predicted molar refractivity (Wildman–Crippen MR) is 77.3 cm³/mol. The van der Waals surface area contributed by atoms with Gasteiger partial charge in [0.1, 0.15) is 5.52 Å². The molecule has 0 aliphatic carbocycles. The van der Waals surface area contributed by atoms with Crippen molar-refractivity contribution in [3.05, 3.63) is 35.2 Å². The van der Waals surface area contributed by atoms with Crippen LogP contribution in [0.1, 0.15) is 32.6 Å².